The number of aromatic nitrogens is 4. The molecule has 0 fully saturated rings. The van der Waals surface area contributed by atoms with Crippen molar-refractivity contribution in [3.8, 4) is 22.7 Å². The monoisotopic (exact) mass is 417 g/mol. The Bertz CT molecular complexity index is 1500. The van der Waals surface area contributed by atoms with Crippen LogP contribution in [0.15, 0.2) is 70.1 Å². The lowest BCUT2D eigenvalue weighted by atomic mass is 10.1. The number of nitro benzene ring substituents is 1. The molecule has 0 saturated heterocycles. The molecule has 10 heteroatoms. The van der Waals surface area contributed by atoms with Gasteiger partial charge in [-0.2, -0.15) is 9.50 Å². The molecule has 0 aliphatic rings. The van der Waals surface area contributed by atoms with E-state index in [1.165, 1.54) is 28.0 Å². The summed E-state index contributed by atoms with van der Waals surface area (Å²) in [6.07, 6.45) is 4.89. The van der Waals surface area contributed by atoms with E-state index in [0.29, 0.717) is 32.4 Å². The number of fused-ring (bicyclic) bond motifs is 1. The fraction of sp³-hybridized carbons (Fsp3) is 0. The van der Waals surface area contributed by atoms with Crippen molar-refractivity contribution in [1.29, 1.82) is 0 Å². The minimum absolute atomic E-state index is 0.0220. The van der Waals surface area contributed by atoms with Crippen LogP contribution in [0.5, 0.6) is 0 Å². The van der Waals surface area contributed by atoms with Gasteiger partial charge in [-0.3, -0.25) is 19.9 Å². The van der Waals surface area contributed by atoms with E-state index in [-0.39, 0.29) is 11.2 Å². The Balaban J connectivity index is 1.51. The number of benzene rings is 1. The Hall–Kier alpha value is -4.18. The van der Waals surface area contributed by atoms with Gasteiger partial charge in [0.1, 0.15) is 16.1 Å². The zero-order valence-electron chi connectivity index (χ0n) is 15.1. The number of thiazole rings is 1. The molecule has 146 valence electrons. The summed E-state index contributed by atoms with van der Waals surface area (Å²) >= 11 is 1.20. The number of hydrogen-bond acceptors (Lipinski definition) is 8. The van der Waals surface area contributed by atoms with Crippen LogP contribution in [0.25, 0.3) is 33.7 Å². The molecule has 4 heterocycles. The van der Waals surface area contributed by atoms with Crippen LogP contribution in [0.4, 0.5) is 5.69 Å². The molecule has 0 atom stereocenters. The topological polar surface area (TPSA) is 116 Å². The van der Waals surface area contributed by atoms with E-state index in [1.807, 2.05) is 6.07 Å². The summed E-state index contributed by atoms with van der Waals surface area (Å²) in [6, 6.07) is 13.2. The van der Waals surface area contributed by atoms with Crippen LogP contribution in [-0.4, -0.2) is 24.5 Å². The zero-order valence-corrected chi connectivity index (χ0v) is 15.9. The predicted molar refractivity (Wildman–Crippen MR) is 110 cm³/mol. The third kappa shape index (κ3) is 3.14. The standard InChI is InChI=1S/C20H11N5O4S/c26-19-17(30-20-22-18(23-24(19)20)13-4-2-8-21-11-13)10-15-6-7-16(29-15)12-3-1-5-14(9-12)25(27)28/h1-11H. The van der Waals surface area contributed by atoms with E-state index < -0.39 is 4.92 Å². The van der Waals surface area contributed by atoms with E-state index in [4.69, 9.17) is 4.42 Å². The Kier molecular flexibility index (Phi) is 4.18. The summed E-state index contributed by atoms with van der Waals surface area (Å²) in [4.78, 5) is 32.1. The summed E-state index contributed by atoms with van der Waals surface area (Å²) < 4.78 is 7.43. The largest absolute Gasteiger partial charge is 0.457 e. The lowest BCUT2D eigenvalue weighted by Crippen LogP contribution is -2.23. The minimum Gasteiger partial charge on any atom is -0.457 e. The summed E-state index contributed by atoms with van der Waals surface area (Å²) in [5.74, 6) is 1.35. The summed E-state index contributed by atoms with van der Waals surface area (Å²) in [7, 11) is 0. The van der Waals surface area contributed by atoms with Crippen molar-refractivity contribution in [2.75, 3.05) is 0 Å². The fourth-order valence-electron chi connectivity index (χ4n) is 2.94. The molecule has 0 bridgehead atoms. The van der Waals surface area contributed by atoms with Crippen molar-refractivity contribution >= 4 is 28.1 Å². The fourth-order valence-corrected chi connectivity index (χ4v) is 3.83. The third-order valence-electron chi connectivity index (χ3n) is 4.34. The van der Waals surface area contributed by atoms with Crippen LogP contribution >= 0.6 is 11.3 Å². The molecule has 0 saturated carbocycles. The number of hydrogen-bond donors (Lipinski definition) is 0. The van der Waals surface area contributed by atoms with Crippen molar-refractivity contribution in [2.24, 2.45) is 0 Å². The molecule has 0 aliphatic heterocycles. The van der Waals surface area contributed by atoms with Crippen LogP contribution in [0.3, 0.4) is 0 Å². The lowest BCUT2D eigenvalue weighted by molar-refractivity contribution is -0.384. The Morgan fingerprint density at radius 2 is 2.00 bits per heavy atom. The molecule has 9 nitrogen and oxygen atoms in total. The summed E-state index contributed by atoms with van der Waals surface area (Å²) in [6.45, 7) is 0. The van der Waals surface area contributed by atoms with Crippen LogP contribution in [0.2, 0.25) is 0 Å². The molecule has 0 unspecified atom stereocenters. The third-order valence-corrected chi connectivity index (χ3v) is 5.30. The first-order valence-corrected chi connectivity index (χ1v) is 9.56. The molecular weight excluding hydrogens is 406 g/mol. The quantitative estimate of drug-likeness (QED) is 0.326. The molecule has 4 aromatic heterocycles. The number of rotatable bonds is 4. The number of furan rings is 1. The number of non-ortho nitro benzene ring substituents is 1. The first kappa shape index (κ1) is 17.9. The highest BCUT2D eigenvalue weighted by Crippen LogP contribution is 2.26. The second-order valence-corrected chi connectivity index (χ2v) is 7.31. The van der Waals surface area contributed by atoms with Gasteiger partial charge in [0.2, 0.25) is 4.96 Å². The Labute approximate surface area is 171 Å². The maximum atomic E-state index is 12.7. The van der Waals surface area contributed by atoms with Gasteiger partial charge in [-0.15, -0.1) is 5.10 Å². The maximum absolute atomic E-state index is 12.7. The molecular formula is C20H11N5O4S. The molecule has 0 aliphatic carbocycles. The van der Waals surface area contributed by atoms with Gasteiger partial charge in [-0.1, -0.05) is 23.5 Å². The smallest absolute Gasteiger partial charge is 0.291 e. The Morgan fingerprint density at radius 3 is 2.77 bits per heavy atom. The zero-order chi connectivity index (χ0) is 20.7. The number of pyridine rings is 1. The highest BCUT2D eigenvalue weighted by molar-refractivity contribution is 7.15. The molecule has 0 spiro atoms. The number of nitro groups is 1. The molecule has 0 radical (unpaired) electrons. The average Bonchev–Trinajstić information content (AvgIpc) is 3.47. The van der Waals surface area contributed by atoms with Gasteiger partial charge in [-0.25, -0.2) is 0 Å². The van der Waals surface area contributed by atoms with Crippen LogP contribution < -0.4 is 10.1 Å². The van der Waals surface area contributed by atoms with Crippen molar-refractivity contribution in [1.82, 2.24) is 19.6 Å². The molecule has 5 rings (SSSR count). The van der Waals surface area contributed by atoms with Gasteiger partial charge in [0.15, 0.2) is 5.82 Å². The lowest BCUT2D eigenvalue weighted by Gasteiger charge is -1.96. The molecule has 0 N–H and O–H groups in total. The minimum atomic E-state index is -0.461. The maximum Gasteiger partial charge on any atom is 0.291 e. The molecule has 5 aromatic rings. The van der Waals surface area contributed by atoms with Crippen LogP contribution in [0, 0.1) is 10.1 Å². The second-order valence-electron chi connectivity index (χ2n) is 6.30. The highest BCUT2D eigenvalue weighted by Gasteiger charge is 2.13. The first-order valence-electron chi connectivity index (χ1n) is 8.75. The first-order chi connectivity index (χ1) is 14.6. The molecule has 0 amide bonds. The van der Waals surface area contributed by atoms with E-state index in [2.05, 4.69) is 15.1 Å². The van der Waals surface area contributed by atoms with Crippen molar-refractivity contribution in [3.63, 3.8) is 0 Å². The van der Waals surface area contributed by atoms with Crippen molar-refractivity contribution < 1.29 is 9.34 Å². The summed E-state index contributed by atoms with van der Waals surface area (Å²) in [5, 5.41) is 15.2. The van der Waals surface area contributed by atoms with E-state index in [9.17, 15) is 14.9 Å². The van der Waals surface area contributed by atoms with Crippen LogP contribution in [-0.2, 0) is 0 Å². The predicted octanol–water partition coefficient (Wildman–Crippen LogP) is 2.93. The van der Waals surface area contributed by atoms with Gasteiger partial charge in [0.25, 0.3) is 11.2 Å². The van der Waals surface area contributed by atoms with Gasteiger partial charge < -0.3 is 4.42 Å². The highest BCUT2D eigenvalue weighted by atomic mass is 32.1. The van der Waals surface area contributed by atoms with E-state index in [1.54, 1.807) is 48.8 Å². The van der Waals surface area contributed by atoms with Crippen molar-refractivity contribution in [3.05, 3.63) is 91.7 Å². The average molecular weight is 417 g/mol. The molecule has 1 aromatic carbocycles. The van der Waals surface area contributed by atoms with Gasteiger partial charge in [0, 0.05) is 41.7 Å². The van der Waals surface area contributed by atoms with E-state index in [0.717, 1.165) is 5.56 Å². The second kappa shape index (κ2) is 7.01. The SMILES string of the molecule is O=c1c(=Cc2ccc(-c3cccc([N+](=O)[O-])c3)o2)sc2nc(-c3cccnc3)nn12. The normalized spacial score (nSPS) is 11.9. The van der Waals surface area contributed by atoms with Gasteiger partial charge in [0.05, 0.1) is 4.92 Å². The van der Waals surface area contributed by atoms with Crippen LogP contribution in [0.1, 0.15) is 5.76 Å². The molecule has 30 heavy (non-hydrogen) atoms. The summed E-state index contributed by atoms with van der Waals surface area (Å²) in [5.41, 5.74) is 0.984. The van der Waals surface area contributed by atoms with Crippen molar-refractivity contribution in [2.45, 2.75) is 0 Å². The number of nitrogens with zero attached hydrogens (tertiary/aromatic N) is 5. The van der Waals surface area contributed by atoms with E-state index >= 15 is 0 Å². The van der Waals surface area contributed by atoms with Gasteiger partial charge in [-0.05, 0) is 24.3 Å². The Morgan fingerprint density at radius 1 is 1.13 bits per heavy atom. The van der Waals surface area contributed by atoms with Gasteiger partial charge >= 0.3 is 0 Å².